The molecule has 1 aromatic carbocycles. The maximum Gasteiger partial charge on any atom is 0.215 e. The summed E-state index contributed by atoms with van der Waals surface area (Å²) in [6, 6.07) is 4.13. The number of allylic oxidation sites excluding steroid dienone is 1. The highest BCUT2D eigenvalue weighted by atomic mass is 32.2. The summed E-state index contributed by atoms with van der Waals surface area (Å²) in [5.41, 5.74) is -1.05. The van der Waals surface area contributed by atoms with Gasteiger partial charge in [0.1, 0.15) is 5.60 Å². The SMILES string of the molecule is CC[C@@](O)(CNS(=O)(=O)C/C=C/CC(C)C)c1ccc(F)c(OCC(C)C)c1. The number of nitrogens with one attached hydrogen (secondary N) is 1. The third kappa shape index (κ3) is 8.29. The highest BCUT2D eigenvalue weighted by molar-refractivity contribution is 7.89. The zero-order valence-electron chi connectivity index (χ0n) is 17.5. The molecule has 2 N–H and O–H groups in total. The molecule has 5 nitrogen and oxygen atoms in total. The minimum Gasteiger partial charge on any atom is -0.490 e. The second-order valence-electron chi connectivity index (χ2n) is 7.94. The van der Waals surface area contributed by atoms with Crippen LogP contribution in [0.5, 0.6) is 5.75 Å². The Morgan fingerprint density at radius 1 is 1.21 bits per heavy atom. The summed E-state index contributed by atoms with van der Waals surface area (Å²) in [6.07, 6.45) is 4.52. The Bertz CT molecular complexity index is 747. The molecule has 1 aromatic rings. The van der Waals surface area contributed by atoms with Gasteiger partial charge in [-0.1, -0.05) is 52.8 Å². The summed E-state index contributed by atoms with van der Waals surface area (Å²) in [5.74, 6) is 0.0775. The Labute approximate surface area is 169 Å². The van der Waals surface area contributed by atoms with E-state index >= 15 is 0 Å². The molecule has 7 heteroatoms. The molecule has 0 aliphatic rings. The fraction of sp³-hybridized carbons (Fsp3) is 0.619. The molecule has 0 unspecified atom stereocenters. The average molecular weight is 416 g/mol. The predicted octanol–water partition coefficient (Wildman–Crippen LogP) is 3.98. The van der Waals surface area contributed by atoms with Crippen LogP contribution in [0.25, 0.3) is 0 Å². The van der Waals surface area contributed by atoms with Gasteiger partial charge in [0.25, 0.3) is 0 Å². The number of sulfonamides is 1. The molecule has 28 heavy (non-hydrogen) atoms. The standard InChI is InChI=1S/C21H34FNO4S/c1-6-21(24,15-23-28(25,26)12-8-7-9-16(2)3)18-10-11-19(22)20(13-18)27-14-17(4)5/h7-8,10-11,13,16-17,23-24H,6,9,12,14-15H2,1-5H3/b8-7+/t21-/m1/s1. The van der Waals surface area contributed by atoms with E-state index in [1.807, 2.05) is 19.9 Å². The van der Waals surface area contributed by atoms with Crippen molar-refractivity contribution in [3.8, 4) is 5.75 Å². The van der Waals surface area contributed by atoms with Crippen molar-refractivity contribution in [2.24, 2.45) is 11.8 Å². The zero-order valence-corrected chi connectivity index (χ0v) is 18.4. The number of ether oxygens (including phenoxy) is 1. The van der Waals surface area contributed by atoms with Crippen molar-refractivity contribution in [2.75, 3.05) is 18.9 Å². The molecular formula is C21H34FNO4S. The number of rotatable bonds is 12. The van der Waals surface area contributed by atoms with Crippen LogP contribution in [0.4, 0.5) is 4.39 Å². The Hall–Kier alpha value is -1.44. The molecule has 0 bridgehead atoms. The normalized spacial score (nSPS) is 14.8. The van der Waals surface area contributed by atoms with Crippen molar-refractivity contribution in [3.05, 3.63) is 41.7 Å². The van der Waals surface area contributed by atoms with Gasteiger partial charge in [0, 0.05) is 6.54 Å². The summed E-state index contributed by atoms with van der Waals surface area (Å²) in [6.45, 7) is 9.91. The van der Waals surface area contributed by atoms with Gasteiger partial charge in [0.05, 0.1) is 12.4 Å². The lowest BCUT2D eigenvalue weighted by atomic mass is 9.91. The Balaban J connectivity index is 2.86. The third-order valence-corrected chi connectivity index (χ3v) is 5.52. The van der Waals surface area contributed by atoms with Crippen LogP contribution in [-0.2, 0) is 15.6 Å². The lowest BCUT2D eigenvalue weighted by Gasteiger charge is -2.28. The maximum absolute atomic E-state index is 14.0. The van der Waals surface area contributed by atoms with Gasteiger partial charge < -0.3 is 9.84 Å². The molecule has 0 amide bonds. The van der Waals surface area contributed by atoms with Crippen LogP contribution >= 0.6 is 0 Å². The van der Waals surface area contributed by atoms with Crippen molar-refractivity contribution in [3.63, 3.8) is 0 Å². The van der Waals surface area contributed by atoms with Gasteiger partial charge in [-0.3, -0.25) is 0 Å². The van der Waals surface area contributed by atoms with E-state index in [0.717, 1.165) is 6.42 Å². The Morgan fingerprint density at radius 3 is 2.46 bits per heavy atom. The molecule has 0 saturated carbocycles. The minimum absolute atomic E-state index is 0.0533. The van der Waals surface area contributed by atoms with Gasteiger partial charge in [0.2, 0.25) is 10.0 Å². The van der Waals surface area contributed by atoms with E-state index in [2.05, 4.69) is 18.6 Å². The fourth-order valence-electron chi connectivity index (χ4n) is 2.44. The van der Waals surface area contributed by atoms with E-state index in [4.69, 9.17) is 4.74 Å². The van der Waals surface area contributed by atoms with Gasteiger partial charge in [-0.2, -0.15) is 0 Å². The molecule has 0 fully saturated rings. The van der Waals surface area contributed by atoms with Crippen molar-refractivity contribution in [2.45, 2.75) is 53.1 Å². The molecule has 0 aliphatic carbocycles. The van der Waals surface area contributed by atoms with Gasteiger partial charge >= 0.3 is 0 Å². The van der Waals surface area contributed by atoms with Crippen molar-refractivity contribution in [1.29, 1.82) is 0 Å². The molecule has 0 heterocycles. The van der Waals surface area contributed by atoms with Crippen molar-refractivity contribution >= 4 is 10.0 Å². The number of hydrogen-bond acceptors (Lipinski definition) is 4. The van der Waals surface area contributed by atoms with E-state index in [0.29, 0.717) is 18.1 Å². The molecule has 0 saturated heterocycles. The molecular weight excluding hydrogens is 381 g/mol. The molecule has 0 spiro atoms. The van der Waals surface area contributed by atoms with Crippen LogP contribution in [0.3, 0.4) is 0 Å². The summed E-state index contributed by atoms with van der Waals surface area (Å²) in [4.78, 5) is 0. The van der Waals surface area contributed by atoms with Gasteiger partial charge in [-0.05, 0) is 42.4 Å². The van der Waals surface area contributed by atoms with Crippen LogP contribution in [0.2, 0.25) is 0 Å². The van der Waals surface area contributed by atoms with Crippen LogP contribution in [0, 0.1) is 17.7 Å². The number of hydrogen-bond donors (Lipinski definition) is 2. The van der Waals surface area contributed by atoms with Gasteiger partial charge in [0.15, 0.2) is 11.6 Å². The highest BCUT2D eigenvalue weighted by Crippen LogP contribution is 2.29. The minimum atomic E-state index is -3.57. The lowest BCUT2D eigenvalue weighted by molar-refractivity contribution is 0.0376. The first-order valence-electron chi connectivity index (χ1n) is 9.76. The molecule has 0 radical (unpaired) electrons. The first-order chi connectivity index (χ1) is 13.0. The summed E-state index contributed by atoms with van der Waals surface area (Å²) in [5, 5.41) is 11.0. The highest BCUT2D eigenvalue weighted by Gasteiger charge is 2.30. The zero-order chi connectivity index (χ0) is 21.4. The third-order valence-electron chi connectivity index (χ3n) is 4.30. The predicted molar refractivity (Wildman–Crippen MR) is 111 cm³/mol. The van der Waals surface area contributed by atoms with Crippen LogP contribution < -0.4 is 9.46 Å². The number of benzene rings is 1. The van der Waals surface area contributed by atoms with E-state index in [-0.39, 0.29) is 30.4 Å². The van der Waals surface area contributed by atoms with Gasteiger partial charge in [-0.25, -0.2) is 17.5 Å². The first-order valence-corrected chi connectivity index (χ1v) is 11.4. The van der Waals surface area contributed by atoms with Crippen molar-refractivity contribution in [1.82, 2.24) is 4.72 Å². The maximum atomic E-state index is 14.0. The van der Waals surface area contributed by atoms with Crippen LogP contribution in [0.15, 0.2) is 30.4 Å². The number of aliphatic hydroxyl groups is 1. The molecule has 0 aromatic heterocycles. The van der Waals surface area contributed by atoms with Gasteiger partial charge in [-0.15, -0.1) is 0 Å². The molecule has 1 atom stereocenters. The number of halogens is 1. The summed E-state index contributed by atoms with van der Waals surface area (Å²) < 4.78 is 46.3. The lowest BCUT2D eigenvalue weighted by Crippen LogP contribution is -2.41. The molecule has 1 rings (SSSR count). The van der Waals surface area contributed by atoms with E-state index < -0.39 is 21.4 Å². The summed E-state index contributed by atoms with van der Waals surface area (Å²) >= 11 is 0. The largest absolute Gasteiger partial charge is 0.490 e. The molecule has 160 valence electrons. The Kier molecular flexibility index (Phi) is 9.60. The van der Waals surface area contributed by atoms with Crippen molar-refractivity contribution < 1.29 is 22.7 Å². The summed E-state index contributed by atoms with van der Waals surface area (Å²) in [7, 11) is -3.57. The van der Waals surface area contributed by atoms with Crippen LogP contribution in [0.1, 0.15) is 53.0 Å². The van der Waals surface area contributed by atoms with E-state index in [9.17, 15) is 17.9 Å². The Morgan fingerprint density at radius 2 is 1.89 bits per heavy atom. The second-order valence-corrected chi connectivity index (χ2v) is 9.79. The monoisotopic (exact) mass is 415 g/mol. The molecule has 0 aliphatic heterocycles. The average Bonchev–Trinajstić information content (AvgIpc) is 2.62. The quantitative estimate of drug-likeness (QED) is 0.506. The van der Waals surface area contributed by atoms with Crippen LogP contribution in [-0.4, -0.2) is 32.4 Å². The second kappa shape index (κ2) is 10.9. The smallest absolute Gasteiger partial charge is 0.215 e. The fourth-order valence-corrected chi connectivity index (χ4v) is 3.41. The first kappa shape index (κ1) is 24.6. The van der Waals surface area contributed by atoms with E-state index in [1.54, 1.807) is 13.0 Å². The van der Waals surface area contributed by atoms with E-state index in [1.165, 1.54) is 18.2 Å². The topological polar surface area (TPSA) is 75.6 Å².